The highest BCUT2D eigenvalue weighted by Crippen LogP contribution is 2.37. The first-order valence-electron chi connectivity index (χ1n) is 4.47. The van der Waals surface area contributed by atoms with Gasteiger partial charge in [-0.15, -0.1) is 0 Å². The highest BCUT2D eigenvalue weighted by Gasteiger charge is 2.38. The van der Waals surface area contributed by atoms with Gasteiger partial charge in [-0.25, -0.2) is 0 Å². The molecule has 0 aromatic heterocycles. The molecule has 11 heavy (non-hydrogen) atoms. The molecule has 0 aromatic rings. The summed E-state index contributed by atoms with van der Waals surface area (Å²) in [5, 5.41) is 0. The number of hydrogen-bond donors (Lipinski definition) is 0. The second-order valence-corrected chi connectivity index (χ2v) is 3.26. The average molecular weight is 156 g/mol. The Kier molecular flexibility index (Phi) is 3.40. The Morgan fingerprint density at radius 1 is 1.55 bits per heavy atom. The summed E-state index contributed by atoms with van der Waals surface area (Å²) in [7, 11) is 0. The second kappa shape index (κ2) is 4.37. The van der Waals surface area contributed by atoms with E-state index in [4.69, 9.17) is 4.74 Å². The third-order valence-electron chi connectivity index (χ3n) is 2.27. The molecule has 1 saturated carbocycles. The lowest BCUT2D eigenvalue weighted by Crippen LogP contribution is -1.94. The molecule has 0 radical (unpaired) electrons. The van der Waals surface area contributed by atoms with Crippen molar-refractivity contribution in [2.45, 2.75) is 45.1 Å². The highest BCUT2D eigenvalue weighted by molar-refractivity contribution is 5.38. The van der Waals surface area contributed by atoms with Crippen molar-refractivity contribution in [3.05, 3.63) is 0 Å². The molecule has 0 heterocycles. The van der Waals surface area contributed by atoms with Crippen LogP contribution in [-0.4, -0.2) is 12.6 Å². The van der Waals surface area contributed by atoms with Crippen LogP contribution < -0.4 is 0 Å². The zero-order valence-corrected chi connectivity index (χ0v) is 7.08. The third-order valence-corrected chi connectivity index (χ3v) is 2.27. The van der Waals surface area contributed by atoms with E-state index in [0.717, 1.165) is 6.42 Å². The van der Waals surface area contributed by atoms with Crippen molar-refractivity contribution in [2.75, 3.05) is 0 Å². The van der Waals surface area contributed by atoms with Gasteiger partial charge in [0, 0.05) is 0 Å². The fourth-order valence-electron chi connectivity index (χ4n) is 1.42. The molecule has 0 aliphatic heterocycles. The van der Waals surface area contributed by atoms with Crippen molar-refractivity contribution in [1.82, 2.24) is 0 Å². The van der Waals surface area contributed by atoms with Crippen LogP contribution in [-0.2, 0) is 9.53 Å². The van der Waals surface area contributed by atoms with E-state index >= 15 is 0 Å². The second-order valence-electron chi connectivity index (χ2n) is 3.26. The molecule has 1 aliphatic carbocycles. The van der Waals surface area contributed by atoms with E-state index in [9.17, 15) is 4.79 Å². The quantitative estimate of drug-likeness (QED) is 0.435. The Hall–Kier alpha value is -0.530. The summed E-state index contributed by atoms with van der Waals surface area (Å²) in [5.74, 6) is 0.687. The smallest absolute Gasteiger partial charge is 0.293 e. The van der Waals surface area contributed by atoms with Gasteiger partial charge in [-0.05, 0) is 18.8 Å². The topological polar surface area (TPSA) is 26.3 Å². The lowest BCUT2D eigenvalue weighted by atomic mass is 10.1. The van der Waals surface area contributed by atoms with Crippen LogP contribution in [0.5, 0.6) is 0 Å². The average Bonchev–Trinajstić information content (AvgIpc) is 2.70. The van der Waals surface area contributed by atoms with Gasteiger partial charge >= 0.3 is 0 Å². The summed E-state index contributed by atoms with van der Waals surface area (Å²) in [4.78, 5) is 9.91. The summed E-state index contributed by atoms with van der Waals surface area (Å²) < 4.78 is 4.82. The molecule has 2 atom stereocenters. The van der Waals surface area contributed by atoms with Gasteiger partial charge in [-0.2, -0.15) is 0 Å². The molecule has 1 fully saturated rings. The maximum atomic E-state index is 9.91. The molecule has 1 aliphatic rings. The summed E-state index contributed by atoms with van der Waals surface area (Å²) in [6.45, 7) is 2.77. The molecule has 0 saturated heterocycles. The Labute approximate surface area is 67.9 Å². The SMILES string of the molecule is CCCCCC1CC1OC=O. The fourth-order valence-corrected chi connectivity index (χ4v) is 1.42. The van der Waals surface area contributed by atoms with E-state index in [1.807, 2.05) is 0 Å². The maximum Gasteiger partial charge on any atom is 0.293 e. The molecule has 2 heteroatoms. The standard InChI is InChI=1S/C9H16O2/c1-2-3-4-5-8-6-9(8)11-7-10/h7-9H,2-6H2,1H3. The van der Waals surface area contributed by atoms with E-state index in [2.05, 4.69) is 6.92 Å². The van der Waals surface area contributed by atoms with E-state index in [1.54, 1.807) is 0 Å². The molecular weight excluding hydrogens is 140 g/mol. The van der Waals surface area contributed by atoms with Crippen molar-refractivity contribution in [1.29, 1.82) is 0 Å². The molecule has 64 valence electrons. The first-order valence-corrected chi connectivity index (χ1v) is 4.47. The van der Waals surface area contributed by atoms with Crippen molar-refractivity contribution < 1.29 is 9.53 Å². The van der Waals surface area contributed by atoms with Gasteiger partial charge in [0.2, 0.25) is 0 Å². The lowest BCUT2D eigenvalue weighted by Gasteiger charge is -1.96. The minimum absolute atomic E-state index is 0.268. The first kappa shape index (κ1) is 8.57. The summed E-state index contributed by atoms with van der Waals surface area (Å²) in [6, 6.07) is 0. The number of rotatable bonds is 6. The van der Waals surface area contributed by atoms with Crippen molar-refractivity contribution in [3.63, 3.8) is 0 Å². The number of hydrogen-bond acceptors (Lipinski definition) is 2. The largest absolute Gasteiger partial charge is 0.464 e. The lowest BCUT2D eigenvalue weighted by molar-refractivity contribution is -0.130. The van der Waals surface area contributed by atoms with Gasteiger partial charge in [-0.1, -0.05) is 26.2 Å². The summed E-state index contributed by atoms with van der Waals surface area (Å²) in [6.07, 6.45) is 6.48. The predicted octanol–water partition coefficient (Wildman–Crippen LogP) is 2.13. The fraction of sp³-hybridized carbons (Fsp3) is 0.889. The van der Waals surface area contributed by atoms with Crippen LogP contribution in [0.25, 0.3) is 0 Å². The van der Waals surface area contributed by atoms with E-state index in [1.165, 1.54) is 25.7 Å². The molecule has 1 rings (SSSR count). The minimum atomic E-state index is 0.268. The maximum absolute atomic E-state index is 9.91. The highest BCUT2D eigenvalue weighted by atomic mass is 16.5. The Morgan fingerprint density at radius 3 is 3.00 bits per heavy atom. The molecule has 2 unspecified atom stereocenters. The predicted molar refractivity (Wildman–Crippen MR) is 43.2 cm³/mol. The van der Waals surface area contributed by atoms with E-state index in [-0.39, 0.29) is 6.10 Å². The molecule has 0 aromatic carbocycles. The van der Waals surface area contributed by atoms with Crippen LogP contribution in [0.3, 0.4) is 0 Å². The number of carbonyl (C=O) groups is 1. The van der Waals surface area contributed by atoms with Crippen molar-refractivity contribution in [2.24, 2.45) is 5.92 Å². The molecule has 2 nitrogen and oxygen atoms in total. The normalized spacial score (nSPS) is 28.1. The van der Waals surface area contributed by atoms with Crippen LogP contribution in [0, 0.1) is 5.92 Å². The Morgan fingerprint density at radius 2 is 2.36 bits per heavy atom. The van der Waals surface area contributed by atoms with E-state index < -0.39 is 0 Å². The van der Waals surface area contributed by atoms with Crippen molar-refractivity contribution >= 4 is 6.47 Å². The monoisotopic (exact) mass is 156 g/mol. The van der Waals surface area contributed by atoms with Crippen LogP contribution in [0.4, 0.5) is 0 Å². The van der Waals surface area contributed by atoms with E-state index in [0.29, 0.717) is 12.4 Å². The zero-order valence-electron chi connectivity index (χ0n) is 7.08. The number of carbonyl (C=O) groups excluding carboxylic acids is 1. The van der Waals surface area contributed by atoms with Crippen LogP contribution in [0.2, 0.25) is 0 Å². The molecule has 0 bridgehead atoms. The molecule has 0 N–H and O–H groups in total. The number of unbranched alkanes of at least 4 members (excludes halogenated alkanes) is 2. The van der Waals surface area contributed by atoms with Gasteiger partial charge in [-0.3, -0.25) is 4.79 Å². The first-order chi connectivity index (χ1) is 5.38. The minimum Gasteiger partial charge on any atom is -0.464 e. The number of ether oxygens (including phenoxy) is 1. The molecule has 0 spiro atoms. The summed E-state index contributed by atoms with van der Waals surface area (Å²) >= 11 is 0. The molecular formula is C9H16O2. The van der Waals surface area contributed by atoms with Crippen LogP contribution >= 0.6 is 0 Å². The Balaban J connectivity index is 1.91. The van der Waals surface area contributed by atoms with Gasteiger partial charge in [0.15, 0.2) is 0 Å². The van der Waals surface area contributed by atoms with Gasteiger partial charge in [0.05, 0.1) is 0 Å². The van der Waals surface area contributed by atoms with Crippen LogP contribution in [0.1, 0.15) is 39.0 Å². The van der Waals surface area contributed by atoms with Gasteiger partial charge in [0.25, 0.3) is 6.47 Å². The van der Waals surface area contributed by atoms with Crippen molar-refractivity contribution in [3.8, 4) is 0 Å². The van der Waals surface area contributed by atoms with Gasteiger partial charge in [0.1, 0.15) is 6.10 Å². The summed E-state index contributed by atoms with van der Waals surface area (Å²) in [5.41, 5.74) is 0. The third kappa shape index (κ3) is 2.91. The van der Waals surface area contributed by atoms with Crippen LogP contribution in [0.15, 0.2) is 0 Å². The van der Waals surface area contributed by atoms with Gasteiger partial charge < -0.3 is 4.74 Å². The molecule has 0 amide bonds. The zero-order chi connectivity index (χ0) is 8.10. The Bertz CT molecular complexity index is 123.